The molecule has 57 heavy (non-hydrogen) atoms. The molecule has 0 aliphatic carbocycles. The molecule has 0 aromatic heterocycles. The zero-order chi connectivity index (χ0) is 41.6. The highest BCUT2D eigenvalue weighted by atomic mass is 16.7. The van der Waals surface area contributed by atoms with E-state index in [9.17, 15) is 30.3 Å². The monoisotopic (exact) mass is 810 g/mol. The van der Waals surface area contributed by atoms with E-state index in [1.165, 1.54) is 161 Å². The highest BCUT2D eigenvalue weighted by Crippen LogP contribution is 2.23. The van der Waals surface area contributed by atoms with Crippen molar-refractivity contribution in [1.29, 1.82) is 0 Å². The van der Waals surface area contributed by atoms with Crippen LogP contribution in [0.5, 0.6) is 0 Å². The van der Waals surface area contributed by atoms with E-state index in [1.807, 2.05) is 6.08 Å². The maximum Gasteiger partial charge on any atom is 0.220 e. The summed E-state index contributed by atoms with van der Waals surface area (Å²) < 4.78 is 11.2. The number of unbranched alkanes of at least 4 members (excludes halogenated alkanes) is 28. The van der Waals surface area contributed by atoms with Crippen LogP contribution in [0.25, 0.3) is 0 Å². The van der Waals surface area contributed by atoms with Gasteiger partial charge >= 0.3 is 0 Å². The zero-order valence-electron chi connectivity index (χ0n) is 36.9. The molecule has 336 valence electrons. The van der Waals surface area contributed by atoms with E-state index >= 15 is 0 Å². The number of hydrogen-bond donors (Lipinski definition) is 6. The molecule has 0 aromatic rings. The van der Waals surface area contributed by atoms with Crippen LogP contribution >= 0.6 is 0 Å². The van der Waals surface area contributed by atoms with E-state index in [-0.39, 0.29) is 12.5 Å². The fourth-order valence-electron chi connectivity index (χ4n) is 7.62. The van der Waals surface area contributed by atoms with Crippen LogP contribution in [0.1, 0.15) is 219 Å². The Balaban J connectivity index is 2.29. The minimum atomic E-state index is -1.56. The number of carbonyl (C=O) groups excluding carboxylic acids is 1. The summed E-state index contributed by atoms with van der Waals surface area (Å²) in [6, 6.07) is -0.801. The van der Waals surface area contributed by atoms with Gasteiger partial charge in [0.2, 0.25) is 5.91 Å². The van der Waals surface area contributed by atoms with Gasteiger partial charge in [0.25, 0.3) is 0 Å². The van der Waals surface area contributed by atoms with Crippen molar-refractivity contribution in [2.45, 2.75) is 262 Å². The molecule has 1 aliphatic rings. The Labute approximate surface area is 349 Å². The Morgan fingerprint density at radius 2 is 0.982 bits per heavy atom. The van der Waals surface area contributed by atoms with Crippen LogP contribution in [0.4, 0.5) is 0 Å². The minimum Gasteiger partial charge on any atom is -0.394 e. The Morgan fingerprint density at radius 1 is 0.579 bits per heavy atom. The highest BCUT2D eigenvalue weighted by Gasteiger charge is 2.44. The number of aliphatic hydroxyl groups excluding tert-OH is 5. The van der Waals surface area contributed by atoms with Gasteiger partial charge in [-0.15, -0.1) is 0 Å². The van der Waals surface area contributed by atoms with Gasteiger partial charge in [-0.25, -0.2) is 0 Å². The first-order valence-electron chi connectivity index (χ1n) is 24.1. The van der Waals surface area contributed by atoms with Crippen molar-refractivity contribution in [2.24, 2.45) is 0 Å². The van der Waals surface area contributed by atoms with E-state index < -0.39 is 49.5 Å². The van der Waals surface area contributed by atoms with Crippen molar-refractivity contribution in [3.63, 3.8) is 0 Å². The van der Waals surface area contributed by atoms with E-state index in [4.69, 9.17) is 9.47 Å². The molecule has 0 saturated carbocycles. The second-order valence-corrected chi connectivity index (χ2v) is 16.9. The van der Waals surface area contributed by atoms with Crippen molar-refractivity contribution < 1.29 is 39.8 Å². The third-order valence-electron chi connectivity index (χ3n) is 11.5. The summed E-state index contributed by atoms with van der Waals surface area (Å²) in [5.74, 6) is -0.177. The third-order valence-corrected chi connectivity index (χ3v) is 11.5. The molecular formula is C48H91NO8. The first kappa shape index (κ1) is 53.7. The van der Waals surface area contributed by atoms with Gasteiger partial charge in [0, 0.05) is 6.42 Å². The van der Waals surface area contributed by atoms with Gasteiger partial charge in [0.05, 0.1) is 25.4 Å². The summed E-state index contributed by atoms with van der Waals surface area (Å²) in [6.45, 7) is 3.77. The molecule has 6 N–H and O–H groups in total. The summed E-state index contributed by atoms with van der Waals surface area (Å²) >= 11 is 0. The number of ether oxygens (including phenoxy) is 2. The average molecular weight is 810 g/mol. The molecule has 0 bridgehead atoms. The van der Waals surface area contributed by atoms with Crippen molar-refractivity contribution in [3.8, 4) is 0 Å². The lowest BCUT2D eigenvalue weighted by molar-refractivity contribution is -0.302. The van der Waals surface area contributed by atoms with Crippen LogP contribution < -0.4 is 5.32 Å². The van der Waals surface area contributed by atoms with Gasteiger partial charge in [-0.3, -0.25) is 4.79 Å². The number of rotatable bonds is 40. The first-order valence-corrected chi connectivity index (χ1v) is 24.1. The largest absolute Gasteiger partial charge is 0.394 e. The summed E-state index contributed by atoms with van der Waals surface area (Å²) in [7, 11) is 0. The molecule has 7 atom stereocenters. The van der Waals surface area contributed by atoms with Crippen LogP contribution in [0.15, 0.2) is 24.3 Å². The molecule has 0 spiro atoms. The maximum atomic E-state index is 13.0. The summed E-state index contributed by atoms with van der Waals surface area (Å²) in [6.07, 6.45) is 39.3. The molecule has 1 saturated heterocycles. The fraction of sp³-hybridized carbons (Fsp3) is 0.896. The molecule has 9 heteroatoms. The number of nitrogens with one attached hydrogen (secondary N) is 1. The van der Waals surface area contributed by atoms with Crippen molar-refractivity contribution >= 4 is 5.91 Å². The summed E-state index contributed by atoms with van der Waals surface area (Å²) in [4.78, 5) is 13.0. The van der Waals surface area contributed by atoms with Crippen LogP contribution in [0.3, 0.4) is 0 Å². The number of aliphatic hydroxyl groups is 5. The minimum absolute atomic E-state index is 0.177. The standard InChI is InChI=1S/C48H91NO8/c1-3-5-7-9-11-13-15-17-18-19-20-21-22-23-24-26-28-30-32-34-36-38-44(52)49-41(40-56-48-47(55)46(54)45(53)43(39-50)57-48)42(51)37-35-33-31-29-27-25-16-14-12-10-8-6-4-2/h17-18,35,37,41-43,45-48,50-51,53-55H,3-16,19-34,36,38-40H2,1-2H3,(H,49,52). The van der Waals surface area contributed by atoms with Gasteiger partial charge in [-0.05, 0) is 44.9 Å². The molecule has 1 amide bonds. The molecule has 1 aliphatic heterocycles. The maximum absolute atomic E-state index is 13.0. The van der Waals surface area contributed by atoms with Crippen LogP contribution in [-0.2, 0) is 14.3 Å². The van der Waals surface area contributed by atoms with E-state index in [0.717, 1.165) is 38.5 Å². The molecule has 7 unspecified atom stereocenters. The lowest BCUT2D eigenvalue weighted by Gasteiger charge is -2.40. The van der Waals surface area contributed by atoms with E-state index in [2.05, 4.69) is 31.3 Å². The number of allylic oxidation sites excluding steroid dienone is 3. The second-order valence-electron chi connectivity index (χ2n) is 16.9. The molecule has 1 heterocycles. The quantitative estimate of drug-likeness (QED) is 0.0265. The van der Waals surface area contributed by atoms with Crippen molar-refractivity contribution in [3.05, 3.63) is 24.3 Å². The van der Waals surface area contributed by atoms with Gasteiger partial charge in [0.1, 0.15) is 24.4 Å². The molecule has 0 radical (unpaired) electrons. The van der Waals surface area contributed by atoms with Crippen molar-refractivity contribution in [2.75, 3.05) is 13.2 Å². The smallest absolute Gasteiger partial charge is 0.220 e. The number of carbonyl (C=O) groups is 1. The molecule has 1 fully saturated rings. The van der Waals surface area contributed by atoms with Crippen LogP contribution in [-0.4, -0.2) is 87.5 Å². The Bertz CT molecular complexity index is 945. The van der Waals surface area contributed by atoms with Crippen molar-refractivity contribution in [1.82, 2.24) is 5.32 Å². The Morgan fingerprint density at radius 3 is 1.42 bits per heavy atom. The third kappa shape index (κ3) is 29.5. The fourth-order valence-corrected chi connectivity index (χ4v) is 7.62. The molecule has 9 nitrogen and oxygen atoms in total. The van der Waals surface area contributed by atoms with Gasteiger partial charge in [-0.2, -0.15) is 0 Å². The summed E-state index contributed by atoms with van der Waals surface area (Å²) in [5, 5.41) is 54.2. The van der Waals surface area contributed by atoms with Gasteiger partial charge < -0.3 is 40.3 Å². The topological polar surface area (TPSA) is 149 Å². The van der Waals surface area contributed by atoms with E-state index in [0.29, 0.717) is 6.42 Å². The normalized spacial score (nSPS) is 21.1. The lowest BCUT2D eigenvalue weighted by Crippen LogP contribution is -2.60. The second kappa shape index (κ2) is 38.8. The SMILES string of the molecule is CCCCCCCCC=CCCCCCCCCCCCCCC(=O)NC(COC1OC(CO)C(O)C(O)C1O)C(O)C=CCCCCCCCCCCCCC. The molecular weight excluding hydrogens is 719 g/mol. The van der Waals surface area contributed by atoms with Crippen LogP contribution in [0.2, 0.25) is 0 Å². The predicted octanol–water partition coefficient (Wildman–Crippen LogP) is 10.3. The molecule has 0 aromatic carbocycles. The first-order chi connectivity index (χ1) is 27.8. The average Bonchev–Trinajstić information content (AvgIpc) is 3.21. The highest BCUT2D eigenvalue weighted by molar-refractivity contribution is 5.76. The predicted molar refractivity (Wildman–Crippen MR) is 235 cm³/mol. The zero-order valence-corrected chi connectivity index (χ0v) is 36.9. The number of hydrogen-bond acceptors (Lipinski definition) is 8. The van der Waals surface area contributed by atoms with E-state index in [1.54, 1.807) is 6.08 Å². The van der Waals surface area contributed by atoms with Gasteiger partial charge in [-0.1, -0.05) is 192 Å². The number of amides is 1. The lowest BCUT2D eigenvalue weighted by atomic mass is 9.99. The Kier molecular flexibility index (Phi) is 36.6. The van der Waals surface area contributed by atoms with Crippen LogP contribution in [0, 0.1) is 0 Å². The van der Waals surface area contributed by atoms with Gasteiger partial charge in [0.15, 0.2) is 6.29 Å². The molecule has 1 rings (SSSR count). The summed E-state index contributed by atoms with van der Waals surface area (Å²) in [5.41, 5.74) is 0. The Hall–Kier alpha value is -1.33.